The lowest BCUT2D eigenvalue weighted by atomic mass is 9.95. The Morgan fingerprint density at radius 2 is 2.14 bits per heavy atom. The van der Waals surface area contributed by atoms with Crippen LogP contribution in [0.15, 0.2) is 30.7 Å². The van der Waals surface area contributed by atoms with Crippen molar-refractivity contribution in [3.63, 3.8) is 0 Å². The molecule has 1 aliphatic rings. The van der Waals surface area contributed by atoms with E-state index in [1.54, 1.807) is 25.4 Å². The Hall–Kier alpha value is -2.73. The van der Waals surface area contributed by atoms with Crippen molar-refractivity contribution in [1.29, 1.82) is 0 Å². The second kappa shape index (κ2) is 7.72. The molecule has 0 unspecified atom stereocenters. The van der Waals surface area contributed by atoms with Crippen LogP contribution < -0.4 is 0 Å². The van der Waals surface area contributed by atoms with Crippen molar-refractivity contribution in [3.05, 3.63) is 47.0 Å². The van der Waals surface area contributed by atoms with Crippen LogP contribution in [0.5, 0.6) is 0 Å². The Morgan fingerprint density at radius 1 is 1.32 bits per heavy atom. The molecule has 1 saturated carbocycles. The zero-order valence-corrected chi connectivity index (χ0v) is 16.6. The predicted molar refractivity (Wildman–Crippen MR) is 109 cm³/mol. The summed E-state index contributed by atoms with van der Waals surface area (Å²) in [4.78, 5) is 21.1. The number of ether oxygens (including phenoxy) is 1. The lowest BCUT2D eigenvalue weighted by Crippen LogP contribution is -2.03. The summed E-state index contributed by atoms with van der Waals surface area (Å²) in [6, 6.07) is 1.88. The molecule has 1 fully saturated rings. The number of nitrogens with zero attached hydrogens (tertiary/aromatic N) is 4. The first-order valence-corrected chi connectivity index (χ1v) is 9.85. The maximum absolute atomic E-state index is 11.9. The summed E-state index contributed by atoms with van der Waals surface area (Å²) in [6.07, 6.45) is 10.7. The van der Waals surface area contributed by atoms with Crippen molar-refractivity contribution in [1.82, 2.24) is 19.7 Å². The first-order valence-electron chi connectivity index (χ1n) is 9.47. The van der Waals surface area contributed by atoms with Gasteiger partial charge in [-0.3, -0.25) is 4.98 Å². The van der Waals surface area contributed by atoms with E-state index in [1.165, 1.54) is 6.08 Å². The first kappa shape index (κ1) is 18.6. The summed E-state index contributed by atoms with van der Waals surface area (Å²) >= 11 is 6.22. The van der Waals surface area contributed by atoms with Crippen LogP contribution in [-0.2, 0) is 16.1 Å². The number of pyridine rings is 2. The first-order chi connectivity index (χ1) is 13.6. The fraction of sp³-hybridized carbons (Fsp3) is 0.333. The van der Waals surface area contributed by atoms with Crippen LogP contribution in [0, 0.1) is 0 Å². The number of hydrogen-bond donors (Lipinski definition) is 0. The molecule has 7 heteroatoms. The maximum Gasteiger partial charge on any atom is 0.330 e. The number of aromatic nitrogens is 4. The zero-order valence-electron chi connectivity index (χ0n) is 15.9. The van der Waals surface area contributed by atoms with Gasteiger partial charge in [-0.1, -0.05) is 11.6 Å². The van der Waals surface area contributed by atoms with Crippen LogP contribution in [-0.4, -0.2) is 32.3 Å². The van der Waals surface area contributed by atoms with Gasteiger partial charge in [-0.15, -0.1) is 0 Å². The SMILES string of the molecule is CCOC(=O)C=Cc1c(C2CC2)nc2c(cnn2CC)c1-c1cncc(Cl)c1. The molecule has 6 nitrogen and oxygen atoms in total. The molecule has 3 heterocycles. The molecule has 0 bridgehead atoms. The van der Waals surface area contributed by atoms with Gasteiger partial charge in [0.25, 0.3) is 0 Å². The number of aryl methyl sites for hydroxylation is 1. The number of fused-ring (bicyclic) bond motifs is 1. The van der Waals surface area contributed by atoms with E-state index in [-0.39, 0.29) is 5.97 Å². The van der Waals surface area contributed by atoms with Gasteiger partial charge < -0.3 is 4.74 Å². The highest BCUT2D eigenvalue weighted by molar-refractivity contribution is 6.30. The summed E-state index contributed by atoms with van der Waals surface area (Å²) in [7, 11) is 0. The molecule has 144 valence electrons. The number of esters is 1. The number of carbonyl (C=O) groups excluding carboxylic acids is 1. The Labute approximate surface area is 168 Å². The molecule has 0 atom stereocenters. The number of halogens is 1. The van der Waals surface area contributed by atoms with Gasteiger partial charge in [-0.25, -0.2) is 14.5 Å². The highest BCUT2D eigenvalue weighted by Crippen LogP contribution is 2.45. The third-order valence-corrected chi connectivity index (χ3v) is 4.99. The standard InChI is InChI=1S/C21H21ClN4O2/c1-3-26-21-17(12-24-26)19(14-9-15(22)11-23-10-14)16(7-8-18(27)28-4-2)20(25-21)13-5-6-13/h7-13H,3-6H2,1-2H3. The normalized spacial score (nSPS) is 14.1. The van der Waals surface area contributed by atoms with Crippen LogP contribution in [0.25, 0.3) is 28.2 Å². The van der Waals surface area contributed by atoms with E-state index >= 15 is 0 Å². The van der Waals surface area contributed by atoms with Crippen LogP contribution >= 0.6 is 11.6 Å². The third-order valence-electron chi connectivity index (χ3n) is 4.78. The number of rotatable bonds is 6. The summed E-state index contributed by atoms with van der Waals surface area (Å²) in [5.74, 6) is 0.0149. The highest BCUT2D eigenvalue weighted by Gasteiger charge is 2.30. The molecule has 0 spiro atoms. The van der Waals surface area contributed by atoms with E-state index in [9.17, 15) is 4.79 Å². The van der Waals surface area contributed by atoms with Crippen molar-refractivity contribution < 1.29 is 9.53 Å². The van der Waals surface area contributed by atoms with Gasteiger partial charge in [0.15, 0.2) is 5.65 Å². The average Bonchev–Trinajstić information content (AvgIpc) is 3.45. The minimum Gasteiger partial charge on any atom is -0.463 e. The maximum atomic E-state index is 11.9. The molecule has 3 aromatic rings. The molecule has 3 aromatic heterocycles. The molecule has 0 aliphatic heterocycles. The topological polar surface area (TPSA) is 69.9 Å². The number of hydrogen-bond acceptors (Lipinski definition) is 5. The Balaban J connectivity index is 2.00. The van der Waals surface area contributed by atoms with Crippen molar-refractivity contribution in [2.24, 2.45) is 0 Å². The van der Waals surface area contributed by atoms with E-state index in [2.05, 4.69) is 10.1 Å². The molecular formula is C21H21ClN4O2. The summed E-state index contributed by atoms with van der Waals surface area (Å²) < 4.78 is 6.95. The lowest BCUT2D eigenvalue weighted by molar-refractivity contribution is -0.137. The molecule has 0 aromatic carbocycles. The molecule has 28 heavy (non-hydrogen) atoms. The van der Waals surface area contributed by atoms with E-state index in [1.807, 2.05) is 23.9 Å². The highest BCUT2D eigenvalue weighted by atomic mass is 35.5. The van der Waals surface area contributed by atoms with E-state index in [0.29, 0.717) is 17.5 Å². The molecule has 0 amide bonds. The van der Waals surface area contributed by atoms with E-state index in [0.717, 1.165) is 52.8 Å². The van der Waals surface area contributed by atoms with Gasteiger partial charge in [0.05, 0.1) is 23.5 Å². The molecule has 1 aliphatic carbocycles. The lowest BCUT2D eigenvalue weighted by Gasteiger charge is -2.14. The zero-order chi connectivity index (χ0) is 19.7. The van der Waals surface area contributed by atoms with Gasteiger partial charge in [0.2, 0.25) is 0 Å². The van der Waals surface area contributed by atoms with E-state index < -0.39 is 0 Å². The molecule has 0 saturated heterocycles. The monoisotopic (exact) mass is 396 g/mol. The van der Waals surface area contributed by atoms with Crippen LogP contribution in [0.4, 0.5) is 0 Å². The third kappa shape index (κ3) is 3.52. The largest absolute Gasteiger partial charge is 0.463 e. The quantitative estimate of drug-likeness (QED) is 0.449. The van der Waals surface area contributed by atoms with Crippen molar-refractivity contribution in [2.75, 3.05) is 6.61 Å². The minimum atomic E-state index is -0.372. The predicted octanol–water partition coefficient (Wildman–Crippen LogP) is 4.62. The van der Waals surface area contributed by atoms with Crippen molar-refractivity contribution in [3.8, 4) is 11.1 Å². The Bertz CT molecular complexity index is 1070. The van der Waals surface area contributed by atoms with E-state index in [4.69, 9.17) is 21.3 Å². The second-order valence-corrected chi connectivity index (χ2v) is 7.17. The smallest absolute Gasteiger partial charge is 0.330 e. The van der Waals surface area contributed by atoms with Gasteiger partial charge in [-0.05, 0) is 38.8 Å². The Kier molecular flexibility index (Phi) is 5.13. The second-order valence-electron chi connectivity index (χ2n) is 6.73. The Morgan fingerprint density at radius 3 is 2.82 bits per heavy atom. The summed E-state index contributed by atoms with van der Waals surface area (Å²) in [6.45, 7) is 4.90. The van der Waals surface area contributed by atoms with Gasteiger partial charge in [-0.2, -0.15) is 5.10 Å². The number of carbonyl (C=O) groups is 1. The molecule has 0 N–H and O–H groups in total. The van der Waals surface area contributed by atoms with Crippen LogP contribution in [0.3, 0.4) is 0 Å². The van der Waals surface area contributed by atoms with Gasteiger partial charge >= 0.3 is 5.97 Å². The van der Waals surface area contributed by atoms with Crippen molar-refractivity contribution >= 4 is 34.7 Å². The van der Waals surface area contributed by atoms with Crippen molar-refractivity contribution in [2.45, 2.75) is 39.2 Å². The average molecular weight is 397 g/mol. The molecule has 0 radical (unpaired) electrons. The fourth-order valence-electron chi connectivity index (χ4n) is 3.39. The fourth-order valence-corrected chi connectivity index (χ4v) is 3.56. The van der Waals surface area contributed by atoms with Crippen LogP contribution in [0.2, 0.25) is 5.02 Å². The minimum absolute atomic E-state index is 0.338. The van der Waals surface area contributed by atoms with Gasteiger partial charge in [0.1, 0.15) is 0 Å². The molecule has 4 rings (SSSR count). The summed E-state index contributed by atoms with van der Waals surface area (Å²) in [5.41, 5.74) is 4.55. The summed E-state index contributed by atoms with van der Waals surface area (Å²) in [5, 5.41) is 5.96. The van der Waals surface area contributed by atoms with Crippen LogP contribution in [0.1, 0.15) is 43.9 Å². The molecular weight excluding hydrogens is 376 g/mol. The van der Waals surface area contributed by atoms with Gasteiger partial charge in [0, 0.05) is 53.0 Å².